The first-order valence-electron chi connectivity index (χ1n) is 7.46. The van der Waals surface area contributed by atoms with E-state index in [4.69, 9.17) is 10.5 Å². The molecule has 3 heteroatoms. The summed E-state index contributed by atoms with van der Waals surface area (Å²) in [7, 11) is 0. The molecule has 1 atom stereocenters. The van der Waals surface area contributed by atoms with Gasteiger partial charge in [0.1, 0.15) is 5.75 Å². The van der Waals surface area contributed by atoms with Crippen LogP contribution in [0.15, 0.2) is 36.4 Å². The molecule has 0 spiro atoms. The largest absolute Gasteiger partial charge is 0.454 e. The molecule has 0 heterocycles. The van der Waals surface area contributed by atoms with Crippen LogP contribution in [-0.4, -0.2) is 6.04 Å². The van der Waals surface area contributed by atoms with E-state index in [2.05, 4.69) is 6.07 Å². The average molecular weight is 285 g/mol. The number of rotatable bonds is 4. The number of nitrogens with two attached hydrogens (primary N) is 1. The van der Waals surface area contributed by atoms with Crippen molar-refractivity contribution >= 4 is 0 Å². The average Bonchev–Trinajstić information content (AvgIpc) is 2.89. The Morgan fingerprint density at radius 1 is 1.19 bits per heavy atom. The molecule has 1 aliphatic rings. The highest BCUT2D eigenvalue weighted by Crippen LogP contribution is 2.32. The van der Waals surface area contributed by atoms with Gasteiger partial charge in [-0.15, -0.1) is 0 Å². The van der Waals surface area contributed by atoms with Crippen molar-refractivity contribution in [3.8, 4) is 11.5 Å². The van der Waals surface area contributed by atoms with E-state index in [-0.39, 0.29) is 11.9 Å². The monoisotopic (exact) mass is 285 g/mol. The minimum absolute atomic E-state index is 0.0332. The van der Waals surface area contributed by atoms with Gasteiger partial charge in [0.2, 0.25) is 0 Å². The van der Waals surface area contributed by atoms with E-state index in [9.17, 15) is 4.39 Å². The van der Waals surface area contributed by atoms with E-state index < -0.39 is 0 Å². The molecule has 2 N–H and O–H groups in total. The number of ether oxygens (including phenoxy) is 1. The molecule has 3 rings (SSSR count). The smallest absolute Gasteiger partial charge is 0.166 e. The fourth-order valence-electron chi connectivity index (χ4n) is 2.90. The maximum atomic E-state index is 14.1. The summed E-state index contributed by atoms with van der Waals surface area (Å²) in [5.41, 5.74) is 9.34. The van der Waals surface area contributed by atoms with Gasteiger partial charge in [-0.3, -0.25) is 0 Å². The van der Waals surface area contributed by atoms with Gasteiger partial charge in [-0.05, 0) is 67.5 Å². The molecule has 2 aromatic carbocycles. The Labute approximate surface area is 124 Å². The first kappa shape index (κ1) is 14.1. The number of halogens is 1. The van der Waals surface area contributed by atoms with Crippen molar-refractivity contribution in [2.24, 2.45) is 5.73 Å². The molecule has 1 unspecified atom stereocenters. The van der Waals surface area contributed by atoms with E-state index in [1.807, 2.05) is 25.1 Å². The fourth-order valence-corrected chi connectivity index (χ4v) is 2.90. The molecule has 0 radical (unpaired) electrons. The third-order valence-electron chi connectivity index (χ3n) is 3.88. The topological polar surface area (TPSA) is 35.2 Å². The van der Waals surface area contributed by atoms with Crippen LogP contribution in [0.1, 0.15) is 30.0 Å². The summed E-state index contributed by atoms with van der Waals surface area (Å²) >= 11 is 0. The fraction of sp³-hybridized carbons (Fsp3) is 0.333. The van der Waals surface area contributed by atoms with E-state index >= 15 is 0 Å². The molecule has 0 saturated carbocycles. The Morgan fingerprint density at radius 2 is 2.00 bits per heavy atom. The standard InChI is InChI=1S/C18H20FNO/c1-12(20)10-15-6-3-7-17(19)18(15)21-16-9-8-13-4-2-5-14(13)11-16/h3,6-9,11-12H,2,4-5,10,20H2,1H3. The third kappa shape index (κ3) is 3.08. The zero-order valence-electron chi connectivity index (χ0n) is 12.2. The van der Waals surface area contributed by atoms with Gasteiger partial charge in [0.25, 0.3) is 0 Å². The van der Waals surface area contributed by atoms with E-state index in [0.29, 0.717) is 17.9 Å². The number of fused-ring (bicyclic) bond motifs is 1. The van der Waals surface area contributed by atoms with Crippen LogP contribution in [0, 0.1) is 5.82 Å². The maximum absolute atomic E-state index is 14.1. The molecule has 21 heavy (non-hydrogen) atoms. The highest BCUT2D eigenvalue weighted by atomic mass is 19.1. The summed E-state index contributed by atoms with van der Waals surface area (Å²) in [5.74, 6) is 0.660. The van der Waals surface area contributed by atoms with Gasteiger partial charge in [-0.1, -0.05) is 18.2 Å². The lowest BCUT2D eigenvalue weighted by Gasteiger charge is -2.14. The second-order valence-corrected chi connectivity index (χ2v) is 5.80. The minimum Gasteiger partial charge on any atom is -0.454 e. The zero-order valence-corrected chi connectivity index (χ0v) is 12.2. The molecule has 1 aliphatic carbocycles. The summed E-state index contributed by atoms with van der Waals surface area (Å²) in [6.45, 7) is 1.91. The Kier molecular flexibility index (Phi) is 3.93. The molecule has 0 fully saturated rings. The first-order chi connectivity index (χ1) is 10.1. The molecule has 0 saturated heterocycles. The Hall–Kier alpha value is -1.87. The molecule has 2 aromatic rings. The highest BCUT2D eigenvalue weighted by Gasteiger charge is 2.15. The number of benzene rings is 2. The summed E-state index contributed by atoms with van der Waals surface area (Å²) in [6, 6.07) is 11.0. The van der Waals surface area contributed by atoms with Crippen LogP contribution in [0.3, 0.4) is 0 Å². The van der Waals surface area contributed by atoms with Crippen LogP contribution in [-0.2, 0) is 19.3 Å². The second-order valence-electron chi connectivity index (χ2n) is 5.80. The van der Waals surface area contributed by atoms with Crippen molar-refractivity contribution in [2.45, 2.75) is 38.6 Å². The van der Waals surface area contributed by atoms with Gasteiger partial charge < -0.3 is 10.5 Å². The van der Waals surface area contributed by atoms with Gasteiger partial charge >= 0.3 is 0 Å². The van der Waals surface area contributed by atoms with Crippen molar-refractivity contribution in [2.75, 3.05) is 0 Å². The predicted molar refractivity (Wildman–Crippen MR) is 82.3 cm³/mol. The SMILES string of the molecule is CC(N)Cc1cccc(F)c1Oc1ccc2c(c1)CCC2. The van der Waals surface area contributed by atoms with Gasteiger partial charge in [0.05, 0.1) is 0 Å². The molecule has 0 bridgehead atoms. The zero-order chi connectivity index (χ0) is 14.8. The van der Waals surface area contributed by atoms with Crippen LogP contribution in [0.4, 0.5) is 4.39 Å². The van der Waals surface area contributed by atoms with Crippen molar-refractivity contribution in [3.05, 3.63) is 58.9 Å². The molecular formula is C18H20FNO. The van der Waals surface area contributed by atoms with Gasteiger partial charge in [0, 0.05) is 6.04 Å². The maximum Gasteiger partial charge on any atom is 0.166 e. The molecular weight excluding hydrogens is 265 g/mol. The molecule has 2 nitrogen and oxygen atoms in total. The van der Waals surface area contributed by atoms with Gasteiger partial charge in [0.15, 0.2) is 11.6 Å². The van der Waals surface area contributed by atoms with E-state index in [1.54, 1.807) is 6.07 Å². The van der Waals surface area contributed by atoms with Crippen molar-refractivity contribution in [1.29, 1.82) is 0 Å². The minimum atomic E-state index is -0.339. The van der Waals surface area contributed by atoms with E-state index in [1.165, 1.54) is 23.6 Å². The summed E-state index contributed by atoms with van der Waals surface area (Å²) < 4.78 is 19.9. The van der Waals surface area contributed by atoms with Crippen LogP contribution < -0.4 is 10.5 Å². The summed E-state index contributed by atoms with van der Waals surface area (Å²) in [6.07, 6.45) is 3.99. The predicted octanol–water partition coefficient (Wildman–Crippen LogP) is 4.00. The number of hydrogen-bond donors (Lipinski definition) is 1. The summed E-state index contributed by atoms with van der Waals surface area (Å²) in [4.78, 5) is 0. The van der Waals surface area contributed by atoms with E-state index in [0.717, 1.165) is 18.4 Å². The Balaban J connectivity index is 1.90. The Morgan fingerprint density at radius 3 is 2.81 bits per heavy atom. The quantitative estimate of drug-likeness (QED) is 0.921. The number of aryl methyl sites for hydroxylation is 2. The Bertz CT molecular complexity index is 652. The molecule has 110 valence electrons. The van der Waals surface area contributed by atoms with Crippen LogP contribution in [0.25, 0.3) is 0 Å². The second kappa shape index (κ2) is 5.86. The number of hydrogen-bond acceptors (Lipinski definition) is 2. The van der Waals surface area contributed by atoms with Crippen LogP contribution in [0.5, 0.6) is 11.5 Å². The van der Waals surface area contributed by atoms with Gasteiger partial charge in [-0.2, -0.15) is 0 Å². The van der Waals surface area contributed by atoms with Crippen molar-refractivity contribution in [3.63, 3.8) is 0 Å². The van der Waals surface area contributed by atoms with Crippen molar-refractivity contribution < 1.29 is 9.13 Å². The normalized spacial score (nSPS) is 14.8. The highest BCUT2D eigenvalue weighted by molar-refractivity contribution is 5.43. The van der Waals surface area contributed by atoms with Crippen molar-refractivity contribution in [1.82, 2.24) is 0 Å². The first-order valence-corrected chi connectivity index (χ1v) is 7.46. The summed E-state index contributed by atoms with van der Waals surface area (Å²) in [5, 5.41) is 0. The lowest BCUT2D eigenvalue weighted by Crippen LogP contribution is -2.18. The molecule has 0 amide bonds. The molecule has 0 aromatic heterocycles. The lowest BCUT2D eigenvalue weighted by atomic mass is 10.1. The van der Waals surface area contributed by atoms with Crippen LogP contribution in [0.2, 0.25) is 0 Å². The third-order valence-corrected chi connectivity index (χ3v) is 3.88. The molecule has 0 aliphatic heterocycles. The van der Waals surface area contributed by atoms with Gasteiger partial charge in [-0.25, -0.2) is 4.39 Å². The lowest BCUT2D eigenvalue weighted by molar-refractivity contribution is 0.434. The van der Waals surface area contributed by atoms with Crippen LogP contribution >= 0.6 is 0 Å². The number of para-hydroxylation sites is 1.